The lowest BCUT2D eigenvalue weighted by Crippen LogP contribution is -1.98. The lowest BCUT2D eigenvalue weighted by Gasteiger charge is -2.06. The highest BCUT2D eigenvalue weighted by Gasteiger charge is 2.05. The molecule has 4 nitrogen and oxygen atoms in total. The molecular weight excluding hydrogens is 280 g/mol. The minimum Gasteiger partial charge on any atom is -0.324 e. The first-order valence-electron chi connectivity index (χ1n) is 4.94. The van der Waals surface area contributed by atoms with E-state index >= 15 is 0 Å². The monoisotopic (exact) mass is 288 g/mol. The molecule has 84 valence electrons. The molecule has 0 aliphatic heterocycles. The predicted octanol–water partition coefficient (Wildman–Crippen LogP) is 3.16. The number of pyridine rings is 2. The van der Waals surface area contributed by atoms with Crippen molar-refractivity contribution in [3.05, 3.63) is 46.2 Å². The SMILES string of the molecule is Cc1ccnc(Nc2ncc(Br)cc2C#N)c1. The van der Waals surface area contributed by atoms with Crippen molar-refractivity contribution in [2.45, 2.75) is 6.92 Å². The lowest BCUT2D eigenvalue weighted by molar-refractivity contribution is 1.22. The fourth-order valence-electron chi connectivity index (χ4n) is 1.35. The summed E-state index contributed by atoms with van der Waals surface area (Å²) in [5, 5.41) is 12.0. The number of nitriles is 1. The molecule has 2 aromatic heterocycles. The number of aromatic nitrogens is 2. The Labute approximate surface area is 107 Å². The van der Waals surface area contributed by atoms with E-state index in [9.17, 15) is 0 Å². The smallest absolute Gasteiger partial charge is 0.149 e. The molecule has 2 heterocycles. The normalized spacial score (nSPS) is 9.71. The molecule has 5 heteroatoms. The zero-order valence-electron chi connectivity index (χ0n) is 9.11. The van der Waals surface area contributed by atoms with Gasteiger partial charge in [0.2, 0.25) is 0 Å². The highest BCUT2D eigenvalue weighted by atomic mass is 79.9. The van der Waals surface area contributed by atoms with Crippen LogP contribution in [-0.4, -0.2) is 9.97 Å². The zero-order chi connectivity index (χ0) is 12.3. The standard InChI is InChI=1S/C12H9BrN4/c1-8-2-3-15-11(4-8)17-12-9(6-14)5-10(13)7-16-12/h2-5,7H,1H3,(H,15,16,17). The van der Waals surface area contributed by atoms with Gasteiger partial charge < -0.3 is 5.32 Å². The van der Waals surface area contributed by atoms with Crippen LogP contribution in [0.3, 0.4) is 0 Å². The topological polar surface area (TPSA) is 61.6 Å². The lowest BCUT2D eigenvalue weighted by atomic mass is 10.2. The van der Waals surface area contributed by atoms with Crippen molar-refractivity contribution in [3.8, 4) is 6.07 Å². The summed E-state index contributed by atoms with van der Waals surface area (Å²) in [5.41, 5.74) is 1.57. The minimum atomic E-state index is 0.475. The Balaban J connectivity index is 2.34. The molecule has 2 aromatic rings. The third kappa shape index (κ3) is 2.80. The molecule has 17 heavy (non-hydrogen) atoms. The number of halogens is 1. The third-order valence-electron chi connectivity index (χ3n) is 2.14. The van der Waals surface area contributed by atoms with Gasteiger partial charge in [-0.3, -0.25) is 0 Å². The predicted molar refractivity (Wildman–Crippen MR) is 68.9 cm³/mol. The van der Waals surface area contributed by atoms with Gasteiger partial charge in [0.25, 0.3) is 0 Å². The molecule has 0 spiro atoms. The van der Waals surface area contributed by atoms with E-state index in [2.05, 4.69) is 37.3 Å². The quantitative estimate of drug-likeness (QED) is 0.922. The molecule has 2 rings (SSSR count). The van der Waals surface area contributed by atoms with E-state index in [4.69, 9.17) is 5.26 Å². The van der Waals surface area contributed by atoms with E-state index < -0.39 is 0 Å². The summed E-state index contributed by atoms with van der Waals surface area (Å²) in [6, 6.07) is 7.60. The Morgan fingerprint density at radius 2 is 2.18 bits per heavy atom. The molecule has 0 fully saturated rings. The van der Waals surface area contributed by atoms with Crippen molar-refractivity contribution in [2.75, 3.05) is 5.32 Å². The second-order valence-corrected chi connectivity index (χ2v) is 4.42. The van der Waals surface area contributed by atoms with Crippen molar-refractivity contribution >= 4 is 27.6 Å². The summed E-state index contributed by atoms with van der Waals surface area (Å²) in [5.74, 6) is 1.19. The first-order chi connectivity index (χ1) is 8.19. The molecule has 0 amide bonds. The summed E-state index contributed by atoms with van der Waals surface area (Å²) >= 11 is 3.28. The average Bonchev–Trinajstić information content (AvgIpc) is 2.31. The van der Waals surface area contributed by atoms with Crippen molar-refractivity contribution in [1.29, 1.82) is 5.26 Å². The van der Waals surface area contributed by atoms with Gasteiger partial charge in [0.15, 0.2) is 0 Å². The molecule has 0 saturated carbocycles. The van der Waals surface area contributed by atoms with Gasteiger partial charge in [-0.15, -0.1) is 0 Å². The summed E-state index contributed by atoms with van der Waals surface area (Å²) in [6.45, 7) is 1.98. The third-order valence-corrected chi connectivity index (χ3v) is 2.57. The maximum absolute atomic E-state index is 9.00. The summed E-state index contributed by atoms with van der Waals surface area (Å²) in [6.07, 6.45) is 3.35. The first kappa shape index (κ1) is 11.6. The van der Waals surface area contributed by atoms with Crippen molar-refractivity contribution < 1.29 is 0 Å². The van der Waals surface area contributed by atoms with Crippen LogP contribution in [0.4, 0.5) is 11.6 Å². The van der Waals surface area contributed by atoms with Crippen LogP contribution in [-0.2, 0) is 0 Å². The van der Waals surface area contributed by atoms with Gasteiger partial charge in [0.05, 0.1) is 5.56 Å². The fourth-order valence-corrected chi connectivity index (χ4v) is 1.68. The van der Waals surface area contributed by atoms with Crippen LogP contribution in [0.15, 0.2) is 35.1 Å². The summed E-state index contributed by atoms with van der Waals surface area (Å²) < 4.78 is 0.775. The van der Waals surface area contributed by atoms with Gasteiger partial charge in [0, 0.05) is 16.9 Å². The van der Waals surface area contributed by atoms with Crippen LogP contribution in [0.1, 0.15) is 11.1 Å². The van der Waals surface area contributed by atoms with Crippen LogP contribution in [0, 0.1) is 18.3 Å². The van der Waals surface area contributed by atoms with Crippen LogP contribution in [0.5, 0.6) is 0 Å². The van der Waals surface area contributed by atoms with Crippen LogP contribution >= 0.6 is 15.9 Å². The Bertz CT molecular complexity index is 589. The van der Waals surface area contributed by atoms with Gasteiger partial charge in [-0.2, -0.15) is 5.26 Å². The molecule has 0 aliphatic rings. The minimum absolute atomic E-state index is 0.475. The van der Waals surface area contributed by atoms with E-state index in [1.807, 2.05) is 19.1 Å². The van der Waals surface area contributed by atoms with Gasteiger partial charge in [-0.25, -0.2) is 9.97 Å². The summed E-state index contributed by atoms with van der Waals surface area (Å²) in [4.78, 5) is 8.31. The van der Waals surface area contributed by atoms with E-state index in [0.717, 1.165) is 10.0 Å². The molecule has 0 unspecified atom stereocenters. The van der Waals surface area contributed by atoms with Crippen LogP contribution in [0.25, 0.3) is 0 Å². The van der Waals surface area contributed by atoms with Crippen LogP contribution < -0.4 is 5.32 Å². The van der Waals surface area contributed by atoms with Gasteiger partial charge in [-0.05, 0) is 46.6 Å². The largest absolute Gasteiger partial charge is 0.324 e. The number of hydrogen-bond donors (Lipinski definition) is 1. The van der Waals surface area contributed by atoms with Gasteiger partial charge in [-0.1, -0.05) is 0 Å². The molecule has 0 atom stereocenters. The fraction of sp³-hybridized carbons (Fsp3) is 0.0833. The van der Waals surface area contributed by atoms with Gasteiger partial charge >= 0.3 is 0 Å². The van der Waals surface area contributed by atoms with Crippen molar-refractivity contribution in [3.63, 3.8) is 0 Å². The Kier molecular flexibility index (Phi) is 3.35. The number of anilines is 2. The van der Waals surface area contributed by atoms with Crippen molar-refractivity contribution in [2.24, 2.45) is 0 Å². The highest BCUT2D eigenvalue weighted by Crippen LogP contribution is 2.20. The number of nitrogens with zero attached hydrogens (tertiary/aromatic N) is 3. The highest BCUT2D eigenvalue weighted by molar-refractivity contribution is 9.10. The molecule has 0 bridgehead atoms. The molecule has 0 aliphatic carbocycles. The van der Waals surface area contributed by atoms with Gasteiger partial charge in [0.1, 0.15) is 17.7 Å². The van der Waals surface area contributed by atoms with Crippen LogP contribution in [0.2, 0.25) is 0 Å². The van der Waals surface area contributed by atoms with Crippen molar-refractivity contribution in [1.82, 2.24) is 9.97 Å². The Morgan fingerprint density at radius 1 is 1.35 bits per heavy atom. The van der Waals surface area contributed by atoms with E-state index in [1.165, 1.54) is 0 Å². The van der Waals surface area contributed by atoms with E-state index in [0.29, 0.717) is 17.2 Å². The Morgan fingerprint density at radius 3 is 2.88 bits per heavy atom. The summed E-state index contributed by atoms with van der Waals surface area (Å²) in [7, 11) is 0. The molecule has 1 N–H and O–H groups in total. The second kappa shape index (κ2) is 4.93. The van der Waals surface area contributed by atoms with E-state index in [-0.39, 0.29) is 0 Å². The average molecular weight is 289 g/mol. The second-order valence-electron chi connectivity index (χ2n) is 3.50. The number of nitrogens with one attached hydrogen (secondary N) is 1. The molecule has 0 aromatic carbocycles. The molecular formula is C12H9BrN4. The van der Waals surface area contributed by atoms with E-state index in [1.54, 1.807) is 18.5 Å². The number of aryl methyl sites for hydroxylation is 1. The zero-order valence-corrected chi connectivity index (χ0v) is 10.7. The first-order valence-corrected chi connectivity index (χ1v) is 5.73. The number of hydrogen-bond acceptors (Lipinski definition) is 4. The molecule has 0 radical (unpaired) electrons. The maximum atomic E-state index is 9.00. The molecule has 0 saturated heterocycles. The Hall–Kier alpha value is -1.93. The maximum Gasteiger partial charge on any atom is 0.149 e. The number of rotatable bonds is 2.